The number of amides is 2. The lowest BCUT2D eigenvalue weighted by Gasteiger charge is -2.43. The predicted octanol–water partition coefficient (Wildman–Crippen LogP) is 2.98. The minimum Gasteiger partial charge on any atom is -0.487 e. The SMILES string of the molecule is CC(C)CCNC(=O)N1CCC2(CC1)Cn1nnc(COc3ccccc3)c1CO2. The van der Waals surface area contributed by atoms with Crippen molar-refractivity contribution in [3.05, 3.63) is 41.7 Å². The van der Waals surface area contributed by atoms with Crippen molar-refractivity contribution in [3.8, 4) is 5.75 Å². The van der Waals surface area contributed by atoms with Crippen molar-refractivity contribution in [1.29, 1.82) is 0 Å². The lowest BCUT2D eigenvalue weighted by molar-refractivity contribution is -0.119. The number of likely N-dealkylation sites (tertiary alicyclic amines) is 1. The number of piperidine rings is 1. The van der Waals surface area contributed by atoms with Crippen LogP contribution in [0, 0.1) is 5.92 Å². The molecule has 2 aliphatic rings. The van der Waals surface area contributed by atoms with E-state index in [1.807, 2.05) is 39.9 Å². The summed E-state index contributed by atoms with van der Waals surface area (Å²) in [5.41, 5.74) is 1.52. The number of hydrogen-bond donors (Lipinski definition) is 1. The molecule has 1 aromatic carbocycles. The quantitative estimate of drug-likeness (QED) is 0.787. The van der Waals surface area contributed by atoms with Gasteiger partial charge in [-0.1, -0.05) is 37.3 Å². The zero-order chi connectivity index (χ0) is 21.0. The third-order valence-corrected chi connectivity index (χ3v) is 5.95. The molecule has 1 aromatic heterocycles. The number of aromatic nitrogens is 3. The maximum Gasteiger partial charge on any atom is 0.317 e. The molecule has 1 N–H and O–H groups in total. The van der Waals surface area contributed by atoms with E-state index in [1.54, 1.807) is 0 Å². The number of rotatable bonds is 6. The van der Waals surface area contributed by atoms with E-state index in [4.69, 9.17) is 9.47 Å². The molecule has 0 bridgehead atoms. The third kappa shape index (κ3) is 4.75. The summed E-state index contributed by atoms with van der Waals surface area (Å²) in [6.07, 6.45) is 2.61. The van der Waals surface area contributed by atoms with Gasteiger partial charge in [0.1, 0.15) is 18.1 Å². The molecule has 0 atom stereocenters. The van der Waals surface area contributed by atoms with Crippen LogP contribution < -0.4 is 10.1 Å². The number of ether oxygens (including phenoxy) is 2. The number of nitrogens with one attached hydrogen (secondary N) is 1. The summed E-state index contributed by atoms with van der Waals surface area (Å²) in [5.74, 6) is 1.40. The minimum absolute atomic E-state index is 0.0306. The fourth-order valence-electron chi connectivity index (χ4n) is 3.97. The Morgan fingerprint density at radius 1 is 1.27 bits per heavy atom. The average molecular weight is 414 g/mol. The van der Waals surface area contributed by atoms with Crippen LogP contribution in [0.25, 0.3) is 0 Å². The fraction of sp³-hybridized carbons (Fsp3) is 0.591. The van der Waals surface area contributed by atoms with Crippen LogP contribution in [-0.2, 0) is 24.5 Å². The molecular formula is C22H31N5O3. The summed E-state index contributed by atoms with van der Waals surface area (Å²) in [7, 11) is 0. The molecule has 3 heterocycles. The fourth-order valence-corrected chi connectivity index (χ4v) is 3.97. The van der Waals surface area contributed by atoms with Gasteiger partial charge in [-0.15, -0.1) is 5.10 Å². The molecule has 2 aliphatic heterocycles. The first-order valence-corrected chi connectivity index (χ1v) is 10.8. The van der Waals surface area contributed by atoms with E-state index in [2.05, 4.69) is 29.5 Å². The molecule has 0 aliphatic carbocycles. The summed E-state index contributed by atoms with van der Waals surface area (Å²) in [6, 6.07) is 9.73. The number of hydrogen-bond acceptors (Lipinski definition) is 5. The summed E-state index contributed by atoms with van der Waals surface area (Å²) in [4.78, 5) is 14.3. The smallest absolute Gasteiger partial charge is 0.317 e. The lowest BCUT2D eigenvalue weighted by Crippen LogP contribution is -2.54. The Kier molecular flexibility index (Phi) is 6.22. The maximum absolute atomic E-state index is 12.4. The Bertz CT molecular complexity index is 844. The van der Waals surface area contributed by atoms with E-state index < -0.39 is 0 Å². The topological polar surface area (TPSA) is 81.5 Å². The minimum atomic E-state index is -0.271. The van der Waals surface area contributed by atoms with E-state index in [0.717, 1.165) is 42.9 Å². The molecule has 8 heteroatoms. The molecule has 2 aromatic rings. The highest BCUT2D eigenvalue weighted by molar-refractivity contribution is 5.74. The van der Waals surface area contributed by atoms with Crippen LogP contribution >= 0.6 is 0 Å². The Labute approximate surface area is 177 Å². The van der Waals surface area contributed by atoms with Crippen molar-refractivity contribution in [3.63, 3.8) is 0 Å². The van der Waals surface area contributed by atoms with Gasteiger partial charge >= 0.3 is 6.03 Å². The van der Waals surface area contributed by atoms with E-state index in [-0.39, 0.29) is 11.6 Å². The second-order valence-corrected chi connectivity index (χ2v) is 8.62. The molecule has 8 nitrogen and oxygen atoms in total. The van der Waals surface area contributed by atoms with E-state index in [9.17, 15) is 4.79 Å². The second-order valence-electron chi connectivity index (χ2n) is 8.62. The van der Waals surface area contributed by atoms with E-state index in [0.29, 0.717) is 38.8 Å². The number of para-hydroxylation sites is 1. The molecule has 1 spiro atoms. The molecule has 30 heavy (non-hydrogen) atoms. The molecule has 1 saturated heterocycles. The Morgan fingerprint density at radius 2 is 2.03 bits per heavy atom. The average Bonchev–Trinajstić information content (AvgIpc) is 3.15. The van der Waals surface area contributed by atoms with Crippen LogP contribution in [0.15, 0.2) is 30.3 Å². The Balaban J connectivity index is 1.30. The van der Waals surface area contributed by atoms with Crippen molar-refractivity contribution in [2.75, 3.05) is 19.6 Å². The number of carbonyl (C=O) groups is 1. The zero-order valence-corrected chi connectivity index (χ0v) is 17.8. The van der Waals surface area contributed by atoms with Crippen LogP contribution in [0.3, 0.4) is 0 Å². The van der Waals surface area contributed by atoms with Crippen molar-refractivity contribution in [2.24, 2.45) is 5.92 Å². The maximum atomic E-state index is 12.4. The number of urea groups is 1. The second kappa shape index (κ2) is 9.04. The summed E-state index contributed by atoms with van der Waals surface area (Å²) < 4.78 is 14.1. The van der Waals surface area contributed by atoms with Gasteiger partial charge in [0.05, 0.1) is 24.4 Å². The first kappa shape index (κ1) is 20.7. The molecule has 2 amide bonds. The van der Waals surface area contributed by atoms with Gasteiger partial charge < -0.3 is 19.7 Å². The highest BCUT2D eigenvalue weighted by atomic mass is 16.5. The largest absolute Gasteiger partial charge is 0.487 e. The summed E-state index contributed by atoms with van der Waals surface area (Å²) in [6.45, 7) is 7.96. The highest BCUT2D eigenvalue weighted by Gasteiger charge is 2.41. The molecule has 4 rings (SSSR count). The standard InChI is InChI=1S/C22H31N5O3/c1-17(2)8-11-23-21(28)26-12-9-22(10-13-26)16-27-20(15-30-22)19(24-25-27)14-29-18-6-4-3-5-7-18/h3-7,17H,8-16H2,1-2H3,(H,23,28). The number of carbonyl (C=O) groups excluding carboxylic acids is 1. The van der Waals surface area contributed by atoms with E-state index >= 15 is 0 Å². The first-order valence-electron chi connectivity index (χ1n) is 10.8. The molecule has 0 radical (unpaired) electrons. The highest BCUT2D eigenvalue weighted by Crippen LogP contribution is 2.33. The monoisotopic (exact) mass is 413 g/mol. The van der Waals surface area contributed by atoms with Crippen LogP contribution in [-0.4, -0.2) is 51.2 Å². The zero-order valence-electron chi connectivity index (χ0n) is 17.8. The molecule has 0 saturated carbocycles. The van der Waals surface area contributed by atoms with E-state index in [1.165, 1.54) is 0 Å². The molecule has 162 valence electrons. The molecular weight excluding hydrogens is 382 g/mol. The van der Waals surface area contributed by atoms with Gasteiger partial charge in [-0.25, -0.2) is 9.48 Å². The molecule has 0 unspecified atom stereocenters. The number of fused-ring (bicyclic) bond motifs is 1. The van der Waals surface area contributed by atoms with Gasteiger partial charge in [0.15, 0.2) is 0 Å². The van der Waals surface area contributed by atoms with Crippen molar-refractivity contribution in [2.45, 2.75) is 58.5 Å². The summed E-state index contributed by atoms with van der Waals surface area (Å²) >= 11 is 0. The summed E-state index contributed by atoms with van der Waals surface area (Å²) in [5, 5.41) is 11.7. The number of nitrogens with zero attached hydrogens (tertiary/aromatic N) is 4. The van der Waals surface area contributed by atoms with Gasteiger partial charge in [0.25, 0.3) is 0 Å². The van der Waals surface area contributed by atoms with Crippen molar-refractivity contribution < 1.29 is 14.3 Å². The van der Waals surface area contributed by atoms with Gasteiger partial charge in [-0.2, -0.15) is 0 Å². The van der Waals surface area contributed by atoms with Crippen molar-refractivity contribution >= 4 is 6.03 Å². The number of benzene rings is 1. The van der Waals surface area contributed by atoms with Crippen LogP contribution in [0.5, 0.6) is 5.75 Å². The third-order valence-electron chi connectivity index (χ3n) is 5.95. The Hall–Kier alpha value is -2.61. The van der Waals surface area contributed by atoms with Gasteiger partial charge in [-0.3, -0.25) is 0 Å². The van der Waals surface area contributed by atoms with Gasteiger partial charge in [0.2, 0.25) is 0 Å². The van der Waals surface area contributed by atoms with Crippen LogP contribution in [0.4, 0.5) is 4.79 Å². The van der Waals surface area contributed by atoms with Crippen molar-refractivity contribution in [1.82, 2.24) is 25.2 Å². The van der Waals surface area contributed by atoms with Crippen LogP contribution in [0.2, 0.25) is 0 Å². The van der Waals surface area contributed by atoms with Gasteiger partial charge in [0, 0.05) is 19.6 Å². The van der Waals surface area contributed by atoms with Gasteiger partial charge in [-0.05, 0) is 37.3 Å². The first-order chi connectivity index (χ1) is 14.5. The molecule has 1 fully saturated rings. The predicted molar refractivity (Wildman–Crippen MR) is 112 cm³/mol. The Morgan fingerprint density at radius 3 is 2.77 bits per heavy atom. The van der Waals surface area contributed by atoms with Crippen LogP contribution in [0.1, 0.15) is 44.5 Å². The lowest BCUT2D eigenvalue weighted by atomic mass is 9.90. The normalized spacial score (nSPS) is 17.8.